The molecule has 0 saturated heterocycles. The topological polar surface area (TPSA) is 54.5 Å². The minimum atomic E-state index is -0.394. The van der Waals surface area contributed by atoms with E-state index >= 15 is 0 Å². The molecule has 1 aromatic heterocycles. The zero-order valence-electron chi connectivity index (χ0n) is 12.7. The number of aromatic nitrogens is 1. The van der Waals surface area contributed by atoms with Gasteiger partial charge in [-0.2, -0.15) is 0 Å². The fraction of sp³-hybridized carbons (Fsp3) is 0.222. The third-order valence-electron chi connectivity index (χ3n) is 3.62. The van der Waals surface area contributed by atoms with E-state index in [1.807, 2.05) is 42.6 Å². The van der Waals surface area contributed by atoms with Crippen LogP contribution in [0.1, 0.15) is 36.6 Å². The summed E-state index contributed by atoms with van der Waals surface area (Å²) in [6, 6.07) is 11.8. The number of carbonyl (C=O) groups is 1. The van der Waals surface area contributed by atoms with E-state index in [0.717, 1.165) is 11.3 Å². The summed E-state index contributed by atoms with van der Waals surface area (Å²) in [5.74, 6) is 0.450. The van der Waals surface area contributed by atoms with Crippen molar-refractivity contribution in [2.45, 2.75) is 26.2 Å². The van der Waals surface area contributed by atoms with Crippen molar-refractivity contribution >= 4 is 11.9 Å². The van der Waals surface area contributed by atoms with Gasteiger partial charge < -0.3 is 9.72 Å². The maximum Gasteiger partial charge on any atom is 0.363 e. The van der Waals surface area contributed by atoms with E-state index < -0.39 is 5.97 Å². The molecule has 2 aromatic rings. The SMILES string of the molecule is CC(C)c1ccc(C2=N/C(=C/Cc3ccc[nH]3)C(=O)O2)cc1. The number of hydrogen-bond donors (Lipinski definition) is 1. The van der Waals surface area contributed by atoms with Crippen LogP contribution in [-0.4, -0.2) is 16.9 Å². The first-order valence-electron chi connectivity index (χ1n) is 7.37. The molecule has 0 atom stereocenters. The number of benzene rings is 1. The Morgan fingerprint density at radius 1 is 1.23 bits per heavy atom. The van der Waals surface area contributed by atoms with Crippen LogP contribution in [0.5, 0.6) is 0 Å². The molecule has 1 N–H and O–H groups in total. The first-order valence-corrected chi connectivity index (χ1v) is 7.37. The Kier molecular flexibility index (Phi) is 3.92. The first kappa shape index (κ1) is 14.3. The summed E-state index contributed by atoms with van der Waals surface area (Å²) in [6.45, 7) is 4.28. The molecule has 3 rings (SSSR count). The monoisotopic (exact) mass is 294 g/mol. The van der Waals surface area contributed by atoms with Crippen molar-refractivity contribution < 1.29 is 9.53 Å². The third-order valence-corrected chi connectivity index (χ3v) is 3.62. The lowest BCUT2D eigenvalue weighted by atomic mass is 10.0. The van der Waals surface area contributed by atoms with E-state index in [1.165, 1.54) is 5.56 Å². The zero-order valence-corrected chi connectivity index (χ0v) is 12.7. The van der Waals surface area contributed by atoms with Gasteiger partial charge in [0.15, 0.2) is 0 Å². The fourth-order valence-electron chi connectivity index (χ4n) is 2.28. The average molecular weight is 294 g/mol. The van der Waals surface area contributed by atoms with Crippen LogP contribution >= 0.6 is 0 Å². The molecule has 1 aromatic carbocycles. The number of hydrogen-bond acceptors (Lipinski definition) is 3. The van der Waals surface area contributed by atoms with Gasteiger partial charge in [0, 0.05) is 23.9 Å². The molecular formula is C18H18N2O2. The first-order chi connectivity index (χ1) is 10.6. The number of esters is 1. The van der Waals surface area contributed by atoms with Gasteiger partial charge in [-0.1, -0.05) is 26.0 Å². The van der Waals surface area contributed by atoms with Crippen LogP contribution < -0.4 is 0 Å². The minimum Gasteiger partial charge on any atom is -0.402 e. The molecule has 4 heteroatoms. The Bertz CT molecular complexity index is 723. The van der Waals surface area contributed by atoms with Crippen molar-refractivity contribution in [3.05, 3.63) is 71.2 Å². The predicted molar refractivity (Wildman–Crippen MR) is 85.7 cm³/mol. The summed E-state index contributed by atoms with van der Waals surface area (Å²) in [5, 5.41) is 0. The molecule has 112 valence electrons. The number of allylic oxidation sites excluding steroid dienone is 1. The van der Waals surface area contributed by atoms with Crippen LogP contribution in [0.4, 0.5) is 0 Å². The lowest BCUT2D eigenvalue weighted by Crippen LogP contribution is -2.05. The van der Waals surface area contributed by atoms with Crippen molar-refractivity contribution in [3.8, 4) is 0 Å². The summed E-state index contributed by atoms with van der Waals surface area (Å²) >= 11 is 0. The van der Waals surface area contributed by atoms with Gasteiger partial charge in [0.25, 0.3) is 0 Å². The number of aromatic amines is 1. The molecule has 0 amide bonds. The Balaban J connectivity index is 1.78. The molecule has 0 unspecified atom stereocenters. The van der Waals surface area contributed by atoms with Crippen LogP contribution in [0.3, 0.4) is 0 Å². The Morgan fingerprint density at radius 3 is 2.64 bits per heavy atom. The van der Waals surface area contributed by atoms with E-state index in [2.05, 4.69) is 23.8 Å². The van der Waals surface area contributed by atoms with E-state index in [9.17, 15) is 4.79 Å². The molecule has 0 saturated carbocycles. The van der Waals surface area contributed by atoms with Crippen molar-refractivity contribution in [2.24, 2.45) is 4.99 Å². The highest BCUT2D eigenvalue weighted by Crippen LogP contribution is 2.20. The van der Waals surface area contributed by atoms with Gasteiger partial charge >= 0.3 is 5.97 Å². The second kappa shape index (κ2) is 6.02. The Morgan fingerprint density at radius 2 is 2.00 bits per heavy atom. The molecule has 0 bridgehead atoms. The normalized spacial score (nSPS) is 16.2. The molecule has 0 aliphatic carbocycles. The van der Waals surface area contributed by atoms with Crippen molar-refractivity contribution in [1.29, 1.82) is 0 Å². The lowest BCUT2D eigenvalue weighted by Gasteiger charge is -2.05. The number of ether oxygens (including phenoxy) is 1. The summed E-state index contributed by atoms with van der Waals surface area (Å²) in [4.78, 5) is 19.3. The van der Waals surface area contributed by atoms with Crippen LogP contribution in [0, 0.1) is 0 Å². The van der Waals surface area contributed by atoms with Gasteiger partial charge in [0.1, 0.15) is 5.70 Å². The molecule has 0 spiro atoms. The predicted octanol–water partition coefficient (Wildman–Crippen LogP) is 3.57. The maximum atomic E-state index is 11.9. The standard InChI is InChI=1S/C18H18N2O2/c1-12(2)13-5-7-14(8-6-13)17-20-16(18(21)22-17)10-9-15-4-3-11-19-15/h3-8,10-12,19H,9H2,1-2H3/b16-10+. The molecule has 0 fully saturated rings. The number of carbonyl (C=O) groups excluding carboxylic acids is 1. The van der Waals surface area contributed by atoms with Crippen LogP contribution in [0.2, 0.25) is 0 Å². The van der Waals surface area contributed by atoms with E-state index in [1.54, 1.807) is 6.08 Å². The lowest BCUT2D eigenvalue weighted by molar-refractivity contribution is -0.130. The van der Waals surface area contributed by atoms with Gasteiger partial charge in [-0.3, -0.25) is 0 Å². The van der Waals surface area contributed by atoms with Crippen LogP contribution in [0.15, 0.2) is 59.4 Å². The fourth-order valence-corrected chi connectivity index (χ4v) is 2.28. The largest absolute Gasteiger partial charge is 0.402 e. The summed E-state index contributed by atoms with van der Waals surface area (Å²) < 4.78 is 5.26. The minimum absolute atomic E-state index is 0.359. The van der Waals surface area contributed by atoms with Crippen LogP contribution in [0.25, 0.3) is 0 Å². The number of aliphatic imine (C=N–C) groups is 1. The second-order valence-electron chi connectivity index (χ2n) is 5.57. The van der Waals surface area contributed by atoms with Gasteiger partial charge in [0.05, 0.1) is 0 Å². The highest BCUT2D eigenvalue weighted by atomic mass is 16.6. The van der Waals surface area contributed by atoms with Crippen molar-refractivity contribution in [1.82, 2.24) is 4.98 Å². The molecule has 0 radical (unpaired) electrons. The van der Waals surface area contributed by atoms with Gasteiger partial charge in [-0.05, 0) is 41.8 Å². The molecule has 1 aliphatic heterocycles. The summed E-state index contributed by atoms with van der Waals surface area (Å²) in [7, 11) is 0. The summed E-state index contributed by atoms with van der Waals surface area (Å²) in [6.07, 6.45) is 4.26. The molecular weight excluding hydrogens is 276 g/mol. The number of nitrogens with one attached hydrogen (secondary N) is 1. The molecule has 4 nitrogen and oxygen atoms in total. The Labute approximate surface area is 129 Å². The number of cyclic esters (lactones) is 1. The van der Waals surface area contributed by atoms with Crippen molar-refractivity contribution in [3.63, 3.8) is 0 Å². The van der Waals surface area contributed by atoms with Crippen molar-refractivity contribution in [2.75, 3.05) is 0 Å². The van der Waals surface area contributed by atoms with E-state index in [0.29, 0.717) is 23.9 Å². The highest BCUT2D eigenvalue weighted by Gasteiger charge is 2.23. The quantitative estimate of drug-likeness (QED) is 0.692. The maximum absolute atomic E-state index is 11.9. The second-order valence-corrected chi connectivity index (χ2v) is 5.57. The highest BCUT2D eigenvalue weighted by molar-refractivity contribution is 6.11. The van der Waals surface area contributed by atoms with E-state index in [4.69, 9.17) is 4.74 Å². The average Bonchev–Trinajstić information content (AvgIpc) is 3.15. The zero-order chi connectivity index (χ0) is 15.5. The number of rotatable bonds is 4. The number of H-pyrrole nitrogens is 1. The molecule has 2 heterocycles. The summed E-state index contributed by atoms with van der Waals surface area (Å²) in [5.41, 5.74) is 3.46. The molecule has 22 heavy (non-hydrogen) atoms. The van der Waals surface area contributed by atoms with Gasteiger partial charge in [-0.25, -0.2) is 9.79 Å². The molecule has 1 aliphatic rings. The third kappa shape index (κ3) is 3.01. The smallest absolute Gasteiger partial charge is 0.363 e. The van der Waals surface area contributed by atoms with E-state index in [-0.39, 0.29) is 0 Å². The van der Waals surface area contributed by atoms with Gasteiger partial charge in [-0.15, -0.1) is 0 Å². The Hall–Kier alpha value is -2.62. The number of nitrogens with zero attached hydrogens (tertiary/aromatic N) is 1. The van der Waals surface area contributed by atoms with Gasteiger partial charge in [0.2, 0.25) is 5.90 Å². The van der Waals surface area contributed by atoms with Crippen LogP contribution in [-0.2, 0) is 16.0 Å².